The smallest absolute Gasteiger partial charge is 0.336 e. The monoisotopic (exact) mass is 277 g/mol. The van der Waals surface area contributed by atoms with Crippen molar-refractivity contribution in [2.24, 2.45) is 0 Å². The fourth-order valence-electron chi connectivity index (χ4n) is 1.24. The maximum atomic E-state index is 12.1. The summed E-state index contributed by atoms with van der Waals surface area (Å²) in [4.78, 5) is 7.53. The van der Waals surface area contributed by atoms with Gasteiger partial charge in [0.1, 0.15) is 17.9 Å². The van der Waals surface area contributed by atoms with Crippen LogP contribution in [0.25, 0.3) is 0 Å². The number of nitrogens with one attached hydrogen (secondary N) is 1. The zero-order chi connectivity index (χ0) is 13.2. The average molecular weight is 278 g/mol. The third-order valence-corrected chi connectivity index (χ3v) is 2.18. The van der Waals surface area contributed by atoms with Gasteiger partial charge in [-0.3, -0.25) is 4.68 Å². The predicted octanol–water partition coefficient (Wildman–Crippen LogP) is 2.63. The molecule has 2 aromatic rings. The Hall–Kier alpha value is -1.83. The summed E-state index contributed by atoms with van der Waals surface area (Å²) in [7, 11) is 0. The minimum absolute atomic E-state index is 0.265. The molecule has 0 unspecified atom stereocenters. The topological polar surface area (TPSA) is 55.6 Å². The molecule has 96 valence electrons. The second kappa shape index (κ2) is 4.81. The Morgan fingerprint density at radius 2 is 2.11 bits per heavy atom. The SMILES string of the molecule is FC(F)(F)Cn1cc(Nc2ncncc2Cl)cn1. The molecular formula is C9H7ClF3N5. The number of nitrogens with zero attached hydrogens (tertiary/aromatic N) is 4. The van der Waals surface area contributed by atoms with Crippen LogP contribution in [0.2, 0.25) is 5.02 Å². The van der Waals surface area contributed by atoms with Crippen molar-refractivity contribution in [3.63, 3.8) is 0 Å². The second-order valence-electron chi connectivity index (χ2n) is 3.39. The van der Waals surface area contributed by atoms with E-state index in [4.69, 9.17) is 11.6 Å². The van der Waals surface area contributed by atoms with Crippen LogP contribution in [-0.4, -0.2) is 25.9 Å². The Morgan fingerprint density at radius 3 is 2.78 bits per heavy atom. The third-order valence-electron chi connectivity index (χ3n) is 1.90. The number of alkyl halides is 3. The van der Waals surface area contributed by atoms with Crippen LogP contribution in [0, 0.1) is 0 Å². The van der Waals surface area contributed by atoms with Gasteiger partial charge in [-0.15, -0.1) is 0 Å². The zero-order valence-corrected chi connectivity index (χ0v) is 9.57. The Morgan fingerprint density at radius 1 is 1.33 bits per heavy atom. The summed E-state index contributed by atoms with van der Waals surface area (Å²) < 4.78 is 37.1. The van der Waals surface area contributed by atoms with Gasteiger partial charge in [-0.25, -0.2) is 9.97 Å². The first kappa shape index (κ1) is 12.6. The van der Waals surface area contributed by atoms with Crippen LogP contribution in [0.5, 0.6) is 0 Å². The van der Waals surface area contributed by atoms with Gasteiger partial charge in [0.2, 0.25) is 0 Å². The van der Waals surface area contributed by atoms with Gasteiger partial charge in [-0.2, -0.15) is 18.3 Å². The lowest BCUT2D eigenvalue weighted by atomic mass is 10.5. The van der Waals surface area contributed by atoms with Crippen molar-refractivity contribution < 1.29 is 13.2 Å². The fourth-order valence-corrected chi connectivity index (χ4v) is 1.39. The summed E-state index contributed by atoms with van der Waals surface area (Å²) in [5.41, 5.74) is 0.361. The molecular weight excluding hydrogens is 271 g/mol. The van der Waals surface area contributed by atoms with E-state index in [1.165, 1.54) is 24.9 Å². The van der Waals surface area contributed by atoms with E-state index >= 15 is 0 Å². The maximum absolute atomic E-state index is 12.1. The van der Waals surface area contributed by atoms with E-state index in [2.05, 4.69) is 20.4 Å². The van der Waals surface area contributed by atoms with Crippen LogP contribution < -0.4 is 5.32 Å². The van der Waals surface area contributed by atoms with E-state index in [-0.39, 0.29) is 5.02 Å². The van der Waals surface area contributed by atoms with Crippen molar-refractivity contribution in [2.45, 2.75) is 12.7 Å². The van der Waals surface area contributed by atoms with Crippen LogP contribution in [0.1, 0.15) is 0 Å². The average Bonchev–Trinajstić information content (AvgIpc) is 2.66. The van der Waals surface area contributed by atoms with Crippen molar-refractivity contribution in [3.8, 4) is 0 Å². The highest BCUT2D eigenvalue weighted by Crippen LogP contribution is 2.22. The molecule has 0 saturated carbocycles. The standard InChI is InChI=1S/C9H7ClF3N5/c10-7-2-14-5-15-8(7)17-6-1-16-18(3-6)4-9(11,12)13/h1-3,5H,4H2,(H,14,15,17). The molecule has 0 aliphatic rings. The Kier molecular flexibility index (Phi) is 3.37. The molecule has 9 heteroatoms. The van der Waals surface area contributed by atoms with Gasteiger partial charge in [-0.1, -0.05) is 11.6 Å². The summed E-state index contributed by atoms with van der Waals surface area (Å²) in [6.07, 6.45) is 0.803. The quantitative estimate of drug-likeness (QED) is 0.937. The van der Waals surface area contributed by atoms with Crippen LogP contribution in [0.3, 0.4) is 0 Å². The number of anilines is 2. The second-order valence-corrected chi connectivity index (χ2v) is 3.79. The van der Waals surface area contributed by atoms with Gasteiger partial charge in [-0.05, 0) is 0 Å². The molecule has 1 N–H and O–H groups in total. The lowest BCUT2D eigenvalue weighted by molar-refractivity contribution is -0.142. The summed E-state index contributed by atoms with van der Waals surface area (Å²) in [5, 5.41) is 6.58. The molecule has 0 atom stereocenters. The molecule has 2 heterocycles. The lowest BCUT2D eigenvalue weighted by Gasteiger charge is -2.05. The summed E-state index contributed by atoms with van der Waals surface area (Å²) in [6, 6.07) is 0. The molecule has 0 aromatic carbocycles. The summed E-state index contributed by atoms with van der Waals surface area (Å²) in [6.45, 7) is -1.15. The molecule has 0 aliphatic carbocycles. The van der Waals surface area contributed by atoms with Gasteiger partial charge < -0.3 is 5.32 Å². The number of hydrogen-bond donors (Lipinski definition) is 1. The molecule has 0 radical (unpaired) electrons. The summed E-state index contributed by atoms with van der Waals surface area (Å²) >= 11 is 5.79. The molecule has 0 saturated heterocycles. The Labute approximate surface area is 105 Å². The van der Waals surface area contributed by atoms with E-state index in [1.807, 2.05) is 0 Å². The van der Waals surface area contributed by atoms with Crippen LogP contribution in [0.4, 0.5) is 24.7 Å². The highest BCUT2D eigenvalue weighted by molar-refractivity contribution is 6.32. The molecule has 5 nitrogen and oxygen atoms in total. The maximum Gasteiger partial charge on any atom is 0.408 e. The van der Waals surface area contributed by atoms with E-state index in [1.54, 1.807) is 0 Å². The van der Waals surface area contributed by atoms with Gasteiger partial charge in [0, 0.05) is 6.20 Å². The molecule has 0 amide bonds. The first-order chi connectivity index (χ1) is 8.44. The van der Waals surface area contributed by atoms with E-state index in [9.17, 15) is 13.2 Å². The van der Waals surface area contributed by atoms with Gasteiger partial charge in [0.25, 0.3) is 0 Å². The van der Waals surface area contributed by atoms with Crippen molar-refractivity contribution in [1.29, 1.82) is 0 Å². The Bertz CT molecular complexity index is 539. The van der Waals surface area contributed by atoms with Crippen LogP contribution >= 0.6 is 11.6 Å². The van der Waals surface area contributed by atoms with Crippen molar-refractivity contribution in [1.82, 2.24) is 19.7 Å². The molecule has 18 heavy (non-hydrogen) atoms. The van der Waals surface area contributed by atoms with E-state index in [0.29, 0.717) is 11.5 Å². The van der Waals surface area contributed by atoms with E-state index < -0.39 is 12.7 Å². The van der Waals surface area contributed by atoms with Crippen LogP contribution in [-0.2, 0) is 6.54 Å². The minimum Gasteiger partial charge on any atom is -0.336 e. The van der Waals surface area contributed by atoms with Crippen molar-refractivity contribution >= 4 is 23.1 Å². The van der Waals surface area contributed by atoms with Gasteiger partial charge >= 0.3 is 6.18 Å². The highest BCUT2D eigenvalue weighted by atomic mass is 35.5. The fraction of sp³-hybridized carbons (Fsp3) is 0.222. The first-order valence-electron chi connectivity index (χ1n) is 4.76. The minimum atomic E-state index is -4.31. The number of rotatable bonds is 3. The number of halogens is 4. The number of aromatic nitrogens is 4. The molecule has 0 bridgehead atoms. The third kappa shape index (κ3) is 3.33. The first-order valence-corrected chi connectivity index (χ1v) is 5.13. The van der Waals surface area contributed by atoms with Gasteiger partial charge in [0.05, 0.1) is 18.1 Å². The molecule has 0 fully saturated rings. The molecule has 2 aromatic heterocycles. The highest BCUT2D eigenvalue weighted by Gasteiger charge is 2.28. The predicted molar refractivity (Wildman–Crippen MR) is 58.6 cm³/mol. The normalized spacial score (nSPS) is 11.6. The lowest BCUT2D eigenvalue weighted by Crippen LogP contribution is -2.17. The molecule has 0 spiro atoms. The summed E-state index contributed by atoms with van der Waals surface area (Å²) in [5.74, 6) is 0.304. The largest absolute Gasteiger partial charge is 0.408 e. The van der Waals surface area contributed by atoms with Crippen molar-refractivity contribution in [2.75, 3.05) is 5.32 Å². The van der Waals surface area contributed by atoms with E-state index in [0.717, 1.165) is 4.68 Å². The van der Waals surface area contributed by atoms with Crippen molar-refractivity contribution in [3.05, 3.63) is 29.9 Å². The Balaban J connectivity index is 2.10. The zero-order valence-electron chi connectivity index (χ0n) is 8.82. The number of hydrogen-bond acceptors (Lipinski definition) is 4. The molecule has 0 aliphatic heterocycles. The van der Waals surface area contributed by atoms with Gasteiger partial charge in [0.15, 0.2) is 5.82 Å². The van der Waals surface area contributed by atoms with Crippen LogP contribution in [0.15, 0.2) is 24.9 Å². The molecule has 2 rings (SSSR count).